The first kappa shape index (κ1) is 13.7. The van der Waals surface area contributed by atoms with Crippen LogP contribution in [0, 0.1) is 0 Å². The summed E-state index contributed by atoms with van der Waals surface area (Å²) in [6, 6.07) is 6.53. The number of rotatable bonds is 4. The Balaban J connectivity index is 1.97. The third-order valence-electron chi connectivity index (χ3n) is 3.54. The van der Waals surface area contributed by atoms with Gasteiger partial charge in [-0.3, -0.25) is 0 Å². The summed E-state index contributed by atoms with van der Waals surface area (Å²) in [7, 11) is 3.49. The summed E-state index contributed by atoms with van der Waals surface area (Å²) in [4.78, 5) is 0. The number of nitrogens with one attached hydrogen (secondary N) is 1. The van der Waals surface area contributed by atoms with Crippen molar-refractivity contribution in [2.75, 3.05) is 19.5 Å². The van der Waals surface area contributed by atoms with Crippen LogP contribution in [0.4, 0.5) is 5.69 Å². The third-order valence-corrected chi connectivity index (χ3v) is 4.23. The Kier molecular flexibility index (Phi) is 4.89. The maximum Gasteiger partial charge on any atom is 0.121 e. The Morgan fingerprint density at radius 1 is 1.17 bits per heavy atom. The van der Waals surface area contributed by atoms with Crippen molar-refractivity contribution < 1.29 is 9.47 Å². The first-order valence-corrected chi connectivity index (χ1v) is 7.15. The molecular weight excluding hydrogens is 294 g/mol. The molecule has 18 heavy (non-hydrogen) atoms. The first-order valence-electron chi connectivity index (χ1n) is 6.36. The van der Waals surface area contributed by atoms with Crippen LogP contribution >= 0.6 is 15.9 Å². The van der Waals surface area contributed by atoms with E-state index < -0.39 is 0 Å². The first-order chi connectivity index (χ1) is 8.72. The normalized spacial score (nSPS) is 23.7. The van der Waals surface area contributed by atoms with E-state index in [1.54, 1.807) is 14.2 Å². The van der Waals surface area contributed by atoms with Crippen LogP contribution in [0.15, 0.2) is 22.7 Å². The molecule has 100 valence electrons. The molecule has 1 fully saturated rings. The summed E-state index contributed by atoms with van der Waals surface area (Å²) >= 11 is 3.57. The van der Waals surface area contributed by atoms with E-state index in [0.717, 1.165) is 41.6 Å². The van der Waals surface area contributed by atoms with Crippen molar-refractivity contribution in [1.82, 2.24) is 0 Å². The fraction of sp³-hybridized carbons (Fsp3) is 0.571. The number of hydrogen-bond acceptors (Lipinski definition) is 3. The minimum Gasteiger partial charge on any atom is -0.497 e. The van der Waals surface area contributed by atoms with Gasteiger partial charge in [-0.2, -0.15) is 0 Å². The van der Waals surface area contributed by atoms with E-state index in [0.29, 0.717) is 12.1 Å². The van der Waals surface area contributed by atoms with Gasteiger partial charge in [-0.15, -0.1) is 0 Å². The Labute approximate surface area is 117 Å². The van der Waals surface area contributed by atoms with Gasteiger partial charge < -0.3 is 14.8 Å². The van der Waals surface area contributed by atoms with Crippen molar-refractivity contribution in [1.29, 1.82) is 0 Å². The second-order valence-corrected chi connectivity index (χ2v) is 5.55. The van der Waals surface area contributed by atoms with Crippen molar-refractivity contribution in [2.45, 2.75) is 37.8 Å². The van der Waals surface area contributed by atoms with Crippen molar-refractivity contribution in [3.8, 4) is 5.75 Å². The number of ether oxygens (including phenoxy) is 2. The topological polar surface area (TPSA) is 30.5 Å². The van der Waals surface area contributed by atoms with Crippen molar-refractivity contribution in [3.05, 3.63) is 22.7 Å². The Hall–Kier alpha value is -0.740. The van der Waals surface area contributed by atoms with E-state index in [9.17, 15) is 0 Å². The molecule has 1 aliphatic carbocycles. The average Bonchev–Trinajstić information content (AvgIpc) is 2.42. The monoisotopic (exact) mass is 313 g/mol. The van der Waals surface area contributed by atoms with Gasteiger partial charge >= 0.3 is 0 Å². The number of halogens is 1. The van der Waals surface area contributed by atoms with Gasteiger partial charge in [0.2, 0.25) is 0 Å². The molecule has 1 N–H and O–H groups in total. The molecule has 0 radical (unpaired) electrons. The maximum atomic E-state index is 5.39. The molecule has 1 aromatic rings. The zero-order valence-electron chi connectivity index (χ0n) is 10.9. The fourth-order valence-corrected chi connectivity index (χ4v) is 2.77. The molecule has 0 saturated heterocycles. The molecule has 0 aliphatic heterocycles. The quantitative estimate of drug-likeness (QED) is 0.916. The van der Waals surface area contributed by atoms with E-state index in [1.165, 1.54) is 0 Å². The molecule has 0 aromatic heterocycles. The lowest BCUT2D eigenvalue weighted by Gasteiger charge is -2.29. The van der Waals surface area contributed by atoms with Crippen LogP contribution < -0.4 is 10.1 Å². The molecule has 0 atom stereocenters. The highest BCUT2D eigenvalue weighted by molar-refractivity contribution is 9.10. The van der Waals surface area contributed by atoms with Crippen LogP contribution in [0.25, 0.3) is 0 Å². The molecule has 0 amide bonds. The van der Waals surface area contributed by atoms with E-state index in [1.807, 2.05) is 18.2 Å². The summed E-state index contributed by atoms with van der Waals surface area (Å²) < 4.78 is 11.7. The lowest BCUT2D eigenvalue weighted by molar-refractivity contribution is 0.0682. The second-order valence-electron chi connectivity index (χ2n) is 4.70. The summed E-state index contributed by atoms with van der Waals surface area (Å²) in [5.74, 6) is 0.881. The summed E-state index contributed by atoms with van der Waals surface area (Å²) in [6.45, 7) is 0. The van der Waals surface area contributed by atoms with E-state index >= 15 is 0 Å². The molecule has 1 saturated carbocycles. The van der Waals surface area contributed by atoms with Crippen LogP contribution in [-0.2, 0) is 4.74 Å². The standard InChI is InChI=1S/C14H20BrNO2/c1-17-11-5-3-10(4-6-11)16-14-9-12(18-2)7-8-13(14)15/h7-11,16H,3-6H2,1-2H3. The fourth-order valence-electron chi connectivity index (χ4n) is 2.40. The smallest absolute Gasteiger partial charge is 0.121 e. The molecule has 1 aromatic carbocycles. The van der Waals surface area contributed by atoms with Gasteiger partial charge in [-0.1, -0.05) is 0 Å². The van der Waals surface area contributed by atoms with Gasteiger partial charge in [0.05, 0.1) is 18.9 Å². The number of methoxy groups -OCH3 is 2. The highest BCUT2D eigenvalue weighted by Crippen LogP contribution is 2.30. The second kappa shape index (κ2) is 6.43. The van der Waals surface area contributed by atoms with Gasteiger partial charge in [-0.05, 0) is 53.7 Å². The van der Waals surface area contributed by atoms with Crippen LogP contribution in [-0.4, -0.2) is 26.4 Å². The zero-order valence-corrected chi connectivity index (χ0v) is 12.5. The molecule has 0 unspecified atom stereocenters. The summed E-state index contributed by atoms with van der Waals surface area (Å²) in [5, 5.41) is 3.59. The maximum absolute atomic E-state index is 5.39. The van der Waals surface area contributed by atoms with Crippen molar-refractivity contribution >= 4 is 21.6 Å². The minimum atomic E-state index is 0.441. The van der Waals surface area contributed by atoms with E-state index in [-0.39, 0.29) is 0 Å². The molecular formula is C14H20BrNO2. The Bertz CT molecular complexity index is 389. The van der Waals surface area contributed by atoms with Crippen LogP contribution in [0.1, 0.15) is 25.7 Å². The van der Waals surface area contributed by atoms with Crippen molar-refractivity contribution in [2.24, 2.45) is 0 Å². The van der Waals surface area contributed by atoms with Crippen LogP contribution in [0.5, 0.6) is 5.75 Å². The SMILES string of the molecule is COc1ccc(Br)c(NC2CCC(OC)CC2)c1. The van der Waals surface area contributed by atoms with E-state index in [2.05, 4.69) is 21.2 Å². The highest BCUT2D eigenvalue weighted by Gasteiger charge is 2.21. The molecule has 1 aliphatic rings. The lowest BCUT2D eigenvalue weighted by atomic mass is 9.93. The minimum absolute atomic E-state index is 0.441. The van der Waals surface area contributed by atoms with Gasteiger partial charge in [-0.25, -0.2) is 0 Å². The average molecular weight is 314 g/mol. The molecule has 3 nitrogen and oxygen atoms in total. The molecule has 4 heteroatoms. The predicted octanol–water partition coefficient (Wildman–Crippen LogP) is 3.83. The van der Waals surface area contributed by atoms with Gasteiger partial charge in [0.15, 0.2) is 0 Å². The lowest BCUT2D eigenvalue weighted by Crippen LogP contribution is -2.29. The van der Waals surface area contributed by atoms with Crippen LogP contribution in [0.2, 0.25) is 0 Å². The summed E-state index contributed by atoms with van der Waals surface area (Å²) in [5.41, 5.74) is 1.11. The number of benzene rings is 1. The largest absolute Gasteiger partial charge is 0.497 e. The predicted molar refractivity (Wildman–Crippen MR) is 77.4 cm³/mol. The van der Waals surface area contributed by atoms with Gasteiger partial charge in [0.1, 0.15) is 5.75 Å². The molecule has 0 bridgehead atoms. The Morgan fingerprint density at radius 2 is 1.89 bits per heavy atom. The van der Waals surface area contributed by atoms with Crippen molar-refractivity contribution in [3.63, 3.8) is 0 Å². The number of anilines is 1. The van der Waals surface area contributed by atoms with Gasteiger partial charge in [0, 0.05) is 23.7 Å². The molecule has 0 spiro atoms. The molecule has 0 heterocycles. The van der Waals surface area contributed by atoms with Crippen LogP contribution in [0.3, 0.4) is 0 Å². The zero-order chi connectivity index (χ0) is 13.0. The summed E-state index contributed by atoms with van der Waals surface area (Å²) in [6.07, 6.45) is 5.02. The number of hydrogen-bond donors (Lipinski definition) is 1. The third kappa shape index (κ3) is 3.39. The Morgan fingerprint density at radius 3 is 2.50 bits per heavy atom. The molecule has 2 rings (SSSR count). The van der Waals surface area contributed by atoms with Gasteiger partial charge in [0.25, 0.3) is 0 Å². The van der Waals surface area contributed by atoms with E-state index in [4.69, 9.17) is 9.47 Å². The highest BCUT2D eigenvalue weighted by atomic mass is 79.9.